The van der Waals surface area contributed by atoms with Crippen molar-refractivity contribution in [1.29, 1.82) is 0 Å². The van der Waals surface area contributed by atoms with Gasteiger partial charge < -0.3 is 10.1 Å². The number of ether oxygens (including phenoxy) is 1. The number of hydrogen-bond acceptors (Lipinski definition) is 3. The summed E-state index contributed by atoms with van der Waals surface area (Å²) in [6.07, 6.45) is 0. The van der Waals surface area contributed by atoms with Crippen molar-refractivity contribution in [1.82, 2.24) is 5.32 Å². The lowest BCUT2D eigenvalue weighted by atomic mass is 10.1. The van der Waals surface area contributed by atoms with Gasteiger partial charge >= 0.3 is 0 Å². The van der Waals surface area contributed by atoms with Gasteiger partial charge in [0.2, 0.25) is 0 Å². The molecule has 0 aromatic heterocycles. The second-order valence-electron chi connectivity index (χ2n) is 3.90. The lowest BCUT2D eigenvalue weighted by Gasteiger charge is -2.29. The van der Waals surface area contributed by atoms with E-state index in [-0.39, 0.29) is 0 Å². The van der Waals surface area contributed by atoms with Gasteiger partial charge in [0.15, 0.2) is 0 Å². The van der Waals surface area contributed by atoms with Crippen LogP contribution in [-0.4, -0.2) is 24.7 Å². The molecule has 82 valence electrons. The molecule has 1 aliphatic rings. The predicted molar refractivity (Wildman–Crippen MR) is 65.7 cm³/mol. The molecule has 0 spiro atoms. The largest absolute Gasteiger partial charge is 0.497 e. The van der Waals surface area contributed by atoms with Gasteiger partial charge in [0.1, 0.15) is 5.75 Å². The molecular weight excluding hydrogens is 206 g/mol. The Morgan fingerprint density at radius 3 is 2.47 bits per heavy atom. The molecule has 0 radical (unpaired) electrons. The SMILES string of the molecule is COc1ccc(C(C)NC2CSC2)cc1. The smallest absolute Gasteiger partial charge is 0.118 e. The summed E-state index contributed by atoms with van der Waals surface area (Å²) in [6, 6.07) is 9.42. The van der Waals surface area contributed by atoms with Crippen LogP contribution >= 0.6 is 11.8 Å². The Kier molecular flexibility index (Phi) is 3.54. The first-order valence-corrected chi connectivity index (χ1v) is 6.43. The van der Waals surface area contributed by atoms with Crippen LogP contribution in [0.15, 0.2) is 24.3 Å². The molecule has 2 rings (SSSR count). The van der Waals surface area contributed by atoms with Crippen LogP contribution in [0.25, 0.3) is 0 Å². The number of methoxy groups -OCH3 is 1. The second-order valence-corrected chi connectivity index (χ2v) is 4.97. The summed E-state index contributed by atoms with van der Waals surface area (Å²) >= 11 is 2.01. The molecule has 1 heterocycles. The van der Waals surface area contributed by atoms with Gasteiger partial charge in [0.05, 0.1) is 7.11 Å². The number of rotatable bonds is 4. The van der Waals surface area contributed by atoms with Crippen LogP contribution in [-0.2, 0) is 0 Å². The van der Waals surface area contributed by atoms with Gasteiger partial charge in [-0.25, -0.2) is 0 Å². The van der Waals surface area contributed by atoms with E-state index >= 15 is 0 Å². The molecule has 2 nitrogen and oxygen atoms in total. The second kappa shape index (κ2) is 4.90. The third-order valence-corrected chi connectivity index (χ3v) is 4.02. The zero-order valence-corrected chi connectivity index (χ0v) is 10.0. The minimum atomic E-state index is 0.432. The lowest BCUT2D eigenvalue weighted by molar-refractivity contribution is 0.414. The highest BCUT2D eigenvalue weighted by Crippen LogP contribution is 2.22. The van der Waals surface area contributed by atoms with Crippen molar-refractivity contribution in [2.24, 2.45) is 0 Å². The number of thioether (sulfide) groups is 1. The Balaban J connectivity index is 1.94. The Morgan fingerprint density at radius 1 is 1.33 bits per heavy atom. The fourth-order valence-electron chi connectivity index (χ4n) is 1.67. The van der Waals surface area contributed by atoms with Crippen molar-refractivity contribution in [2.45, 2.75) is 19.0 Å². The molecule has 1 aromatic rings. The maximum absolute atomic E-state index is 5.14. The zero-order valence-electron chi connectivity index (χ0n) is 9.19. The molecule has 1 aromatic carbocycles. The van der Waals surface area contributed by atoms with Crippen molar-refractivity contribution in [3.05, 3.63) is 29.8 Å². The highest BCUT2D eigenvalue weighted by molar-refractivity contribution is 8.00. The van der Waals surface area contributed by atoms with Gasteiger partial charge in [-0.3, -0.25) is 0 Å². The molecular formula is C12H17NOS. The maximum Gasteiger partial charge on any atom is 0.118 e. The van der Waals surface area contributed by atoms with E-state index in [0.29, 0.717) is 12.1 Å². The minimum absolute atomic E-state index is 0.432. The maximum atomic E-state index is 5.14. The first-order chi connectivity index (χ1) is 7.29. The fraction of sp³-hybridized carbons (Fsp3) is 0.500. The fourth-order valence-corrected chi connectivity index (χ4v) is 2.34. The Hall–Kier alpha value is -0.670. The summed E-state index contributed by atoms with van der Waals surface area (Å²) in [5, 5.41) is 3.61. The molecule has 0 saturated carbocycles. The molecule has 1 atom stereocenters. The van der Waals surface area contributed by atoms with Crippen molar-refractivity contribution in [3.8, 4) is 5.75 Å². The first kappa shape index (κ1) is 10.8. The molecule has 3 heteroatoms. The van der Waals surface area contributed by atoms with Crippen LogP contribution < -0.4 is 10.1 Å². The highest BCUT2D eigenvalue weighted by Gasteiger charge is 2.20. The standard InChI is InChI=1S/C12H17NOS/c1-9(13-11-7-15-8-11)10-3-5-12(14-2)6-4-10/h3-6,9,11,13H,7-8H2,1-2H3. The molecule has 1 fully saturated rings. The Labute approximate surface area is 95.4 Å². The van der Waals surface area contributed by atoms with Gasteiger partial charge in [-0.2, -0.15) is 11.8 Å². The zero-order chi connectivity index (χ0) is 10.7. The lowest BCUT2D eigenvalue weighted by Crippen LogP contribution is -2.41. The summed E-state index contributed by atoms with van der Waals surface area (Å²) in [6.45, 7) is 2.21. The molecule has 0 bridgehead atoms. The van der Waals surface area contributed by atoms with E-state index in [1.165, 1.54) is 17.1 Å². The van der Waals surface area contributed by atoms with Crippen molar-refractivity contribution in [2.75, 3.05) is 18.6 Å². The average Bonchev–Trinajstić information content (AvgIpc) is 2.23. The van der Waals surface area contributed by atoms with E-state index < -0.39 is 0 Å². The van der Waals surface area contributed by atoms with E-state index in [1.807, 2.05) is 23.9 Å². The van der Waals surface area contributed by atoms with Gasteiger partial charge in [-0.05, 0) is 24.6 Å². The van der Waals surface area contributed by atoms with Crippen LogP contribution in [0.5, 0.6) is 5.75 Å². The predicted octanol–water partition coefficient (Wildman–Crippen LogP) is 2.46. The number of nitrogens with one attached hydrogen (secondary N) is 1. The van der Waals surface area contributed by atoms with E-state index in [9.17, 15) is 0 Å². The van der Waals surface area contributed by atoms with Gasteiger partial charge in [0, 0.05) is 23.6 Å². The molecule has 15 heavy (non-hydrogen) atoms. The number of hydrogen-bond donors (Lipinski definition) is 1. The number of benzene rings is 1. The van der Waals surface area contributed by atoms with E-state index in [0.717, 1.165) is 5.75 Å². The van der Waals surface area contributed by atoms with Crippen molar-refractivity contribution >= 4 is 11.8 Å². The van der Waals surface area contributed by atoms with Gasteiger partial charge in [-0.15, -0.1) is 0 Å². The summed E-state index contributed by atoms with van der Waals surface area (Å²) in [5.74, 6) is 3.42. The molecule has 0 aliphatic carbocycles. The normalized spacial score (nSPS) is 18.3. The molecule has 1 N–H and O–H groups in total. The molecule has 0 amide bonds. The Morgan fingerprint density at radius 2 is 2.00 bits per heavy atom. The summed E-state index contributed by atoms with van der Waals surface area (Å²) in [7, 11) is 1.70. The average molecular weight is 223 g/mol. The van der Waals surface area contributed by atoms with Crippen molar-refractivity contribution in [3.63, 3.8) is 0 Å². The summed E-state index contributed by atoms with van der Waals surface area (Å²) in [4.78, 5) is 0. The highest BCUT2D eigenvalue weighted by atomic mass is 32.2. The van der Waals surface area contributed by atoms with Crippen LogP contribution in [0.4, 0.5) is 0 Å². The van der Waals surface area contributed by atoms with Gasteiger partial charge in [0.25, 0.3) is 0 Å². The van der Waals surface area contributed by atoms with Crippen LogP contribution in [0.2, 0.25) is 0 Å². The summed E-state index contributed by atoms with van der Waals surface area (Å²) in [5.41, 5.74) is 1.33. The summed E-state index contributed by atoms with van der Waals surface area (Å²) < 4.78 is 5.14. The van der Waals surface area contributed by atoms with Crippen LogP contribution in [0.3, 0.4) is 0 Å². The van der Waals surface area contributed by atoms with E-state index in [2.05, 4.69) is 24.4 Å². The third kappa shape index (κ3) is 2.67. The molecule has 1 saturated heterocycles. The van der Waals surface area contributed by atoms with Crippen LogP contribution in [0, 0.1) is 0 Å². The first-order valence-electron chi connectivity index (χ1n) is 5.27. The topological polar surface area (TPSA) is 21.3 Å². The minimum Gasteiger partial charge on any atom is -0.497 e. The van der Waals surface area contributed by atoms with E-state index in [1.54, 1.807) is 7.11 Å². The van der Waals surface area contributed by atoms with E-state index in [4.69, 9.17) is 4.74 Å². The third-order valence-electron chi connectivity index (χ3n) is 2.74. The Bertz CT molecular complexity index is 308. The van der Waals surface area contributed by atoms with Crippen molar-refractivity contribution < 1.29 is 4.74 Å². The molecule has 1 aliphatic heterocycles. The van der Waals surface area contributed by atoms with Crippen LogP contribution in [0.1, 0.15) is 18.5 Å². The quantitative estimate of drug-likeness (QED) is 0.847. The van der Waals surface area contributed by atoms with Gasteiger partial charge in [-0.1, -0.05) is 12.1 Å². The molecule has 1 unspecified atom stereocenters. The monoisotopic (exact) mass is 223 g/mol.